The van der Waals surface area contributed by atoms with Gasteiger partial charge in [0.1, 0.15) is 0 Å². The monoisotopic (exact) mass is 352 g/mol. The molecule has 2 rings (SSSR count). The summed E-state index contributed by atoms with van der Waals surface area (Å²) in [5.41, 5.74) is 3.03. The van der Waals surface area contributed by atoms with E-state index in [4.69, 9.17) is 16.6 Å². The van der Waals surface area contributed by atoms with Gasteiger partial charge in [-0.3, -0.25) is 10.1 Å². The molecule has 0 aliphatic carbocycles. The molecule has 0 radical (unpaired) electrons. The third-order valence-electron chi connectivity index (χ3n) is 2.67. The van der Waals surface area contributed by atoms with Gasteiger partial charge in [-0.05, 0) is 71.3 Å². The Morgan fingerprint density at radius 1 is 1.25 bits per heavy atom. The largest absolute Gasteiger partial charge is 0.444 e. The molecule has 0 bridgehead atoms. The van der Waals surface area contributed by atoms with E-state index in [9.17, 15) is 4.79 Å². The summed E-state index contributed by atoms with van der Waals surface area (Å²) in [7, 11) is 0. The Balaban J connectivity index is 2.02. The molecule has 0 atom stereocenters. The second-order valence-corrected chi connectivity index (χ2v) is 5.52. The molecule has 0 saturated carbocycles. The summed E-state index contributed by atoms with van der Waals surface area (Å²) in [6.45, 7) is 3.96. The van der Waals surface area contributed by atoms with Crippen LogP contribution in [-0.4, -0.2) is 11.0 Å². The van der Waals surface area contributed by atoms with E-state index in [2.05, 4.69) is 26.6 Å². The van der Waals surface area contributed by atoms with Gasteiger partial charge in [-0.25, -0.2) is 0 Å². The van der Waals surface area contributed by atoms with Crippen molar-refractivity contribution in [3.63, 3.8) is 0 Å². The van der Waals surface area contributed by atoms with E-state index in [0.717, 1.165) is 16.8 Å². The molecule has 2 N–H and O–H groups in total. The Hall–Kier alpha value is -1.66. The van der Waals surface area contributed by atoms with Crippen LogP contribution in [0.5, 0.6) is 0 Å². The lowest BCUT2D eigenvalue weighted by atomic mass is 10.1. The van der Waals surface area contributed by atoms with E-state index in [-0.39, 0.29) is 10.9 Å². The normalized spacial score (nSPS) is 10.2. The van der Waals surface area contributed by atoms with Gasteiger partial charge in [0.2, 0.25) is 0 Å². The van der Waals surface area contributed by atoms with Crippen LogP contribution in [0.2, 0.25) is 0 Å². The number of furan rings is 1. The molecule has 2 aromatic rings. The number of aryl methyl sites for hydroxylation is 2. The zero-order valence-electron chi connectivity index (χ0n) is 11.0. The summed E-state index contributed by atoms with van der Waals surface area (Å²) < 4.78 is 5.65. The van der Waals surface area contributed by atoms with Crippen LogP contribution in [0.3, 0.4) is 0 Å². The summed E-state index contributed by atoms with van der Waals surface area (Å²) in [5.74, 6) is -0.194. The first-order valence-corrected chi connectivity index (χ1v) is 7.11. The lowest BCUT2D eigenvalue weighted by Crippen LogP contribution is -2.34. The molecule has 104 valence electrons. The molecule has 1 amide bonds. The maximum Gasteiger partial charge on any atom is 0.293 e. The molecule has 0 spiro atoms. The molecule has 6 heteroatoms. The highest BCUT2D eigenvalue weighted by atomic mass is 79.9. The van der Waals surface area contributed by atoms with Crippen molar-refractivity contribution in [1.82, 2.24) is 5.32 Å². The number of anilines is 1. The van der Waals surface area contributed by atoms with Crippen molar-refractivity contribution in [1.29, 1.82) is 0 Å². The highest BCUT2D eigenvalue weighted by molar-refractivity contribution is 9.10. The fraction of sp³-hybridized carbons (Fsp3) is 0.143. The number of rotatable bonds is 2. The number of thiocarbonyl (C=S) groups is 1. The standard InChI is InChI=1S/C14H13BrN2O2S/c1-8-3-4-9(2)10(7-8)16-14(20)17-13(18)11-5-6-12(15)19-11/h3-7H,1-2H3,(H2,16,17,18,20). The summed E-state index contributed by atoms with van der Waals surface area (Å²) >= 11 is 8.27. The number of carbonyl (C=O) groups excluding carboxylic acids is 1. The van der Waals surface area contributed by atoms with Gasteiger partial charge in [-0.2, -0.15) is 0 Å². The van der Waals surface area contributed by atoms with Crippen molar-refractivity contribution in [3.8, 4) is 0 Å². The van der Waals surface area contributed by atoms with Crippen LogP contribution in [0.4, 0.5) is 5.69 Å². The Morgan fingerprint density at radius 3 is 2.65 bits per heavy atom. The van der Waals surface area contributed by atoms with E-state index < -0.39 is 5.91 Å². The third kappa shape index (κ3) is 3.68. The Bertz CT molecular complexity index is 667. The number of hydrogen-bond donors (Lipinski definition) is 2. The lowest BCUT2D eigenvalue weighted by Gasteiger charge is -2.11. The summed E-state index contributed by atoms with van der Waals surface area (Å²) in [6, 6.07) is 9.20. The zero-order chi connectivity index (χ0) is 14.7. The van der Waals surface area contributed by atoms with Gasteiger partial charge >= 0.3 is 0 Å². The minimum absolute atomic E-state index is 0.196. The highest BCUT2D eigenvalue weighted by Crippen LogP contribution is 2.16. The number of halogens is 1. The van der Waals surface area contributed by atoms with Crippen LogP contribution >= 0.6 is 28.1 Å². The molecule has 0 aliphatic rings. The second-order valence-electron chi connectivity index (χ2n) is 4.33. The fourth-order valence-electron chi connectivity index (χ4n) is 1.63. The maximum atomic E-state index is 11.9. The molecule has 0 fully saturated rings. The van der Waals surface area contributed by atoms with Gasteiger partial charge in [0.05, 0.1) is 0 Å². The van der Waals surface area contributed by atoms with E-state index in [1.54, 1.807) is 12.1 Å². The number of benzene rings is 1. The van der Waals surface area contributed by atoms with Gasteiger partial charge in [-0.1, -0.05) is 12.1 Å². The average molecular weight is 353 g/mol. The number of carbonyl (C=O) groups is 1. The minimum atomic E-state index is -0.390. The molecule has 20 heavy (non-hydrogen) atoms. The molecule has 4 nitrogen and oxygen atoms in total. The van der Waals surface area contributed by atoms with E-state index >= 15 is 0 Å². The minimum Gasteiger partial charge on any atom is -0.444 e. The van der Waals surface area contributed by atoms with Crippen molar-refractivity contribution >= 4 is 44.9 Å². The number of hydrogen-bond acceptors (Lipinski definition) is 3. The van der Waals surface area contributed by atoms with Gasteiger partial charge in [0.25, 0.3) is 5.91 Å². The number of nitrogens with one attached hydrogen (secondary N) is 2. The average Bonchev–Trinajstić information content (AvgIpc) is 2.80. The predicted molar refractivity (Wildman–Crippen MR) is 86.0 cm³/mol. The topological polar surface area (TPSA) is 54.3 Å². The van der Waals surface area contributed by atoms with E-state index in [1.807, 2.05) is 32.0 Å². The summed E-state index contributed by atoms with van der Waals surface area (Å²) in [6.07, 6.45) is 0. The molecule has 1 aromatic heterocycles. The molecular formula is C14H13BrN2O2S. The SMILES string of the molecule is Cc1ccc(C)c(NC(=S)NC(=O)c2ccc(Br)o2)c1. The highest BCUT2D eigenvalue weighted by Gasteiger charge is 2.12. The quantitative estimate of drug-likeness (QED) is 0.807. The molecular weight excluding hydrogens is 340 g/mol. The van der Waals surface area contributed by atoms with Crippen LogP contribution < -0.4 is 10.6 Å². The first-order valence-electron chi connectivity index (χ1n) is 5.90. The van der Waals surface area contributed by atoms with Crippen molar-refractivity contribution in [3.05, 3.63) is 51.9 Å². The molecule has 0 aliphatic heterocycles. The van der Waals surface area contributed by atoms with E-state index in [0.29, 0.717) is 4.67 Å². The van der Waals surface area contributed by atoms with Crippen LogP contribution in [0.15, 0.2) is 39.4 Å². The number of amides is 1. The Labute approximate surface area is 130 Å². The van der Waals surface area contributed by atoms with Gasteiger partial charge in [0.15, 0.2) is 15.5 Å². The van der Waals surface area contributed by atoms with Crippen molar-refractivity contribution in [2.24, 2.45) is 0 Å². The van der Waals surface area contributed by atoms with Gasteiger partial charge < -0.3 is 9.73 Å². The Morgan fingerprint density at radius 2 is 2.00 bits per heavy atom. The summed E-state index contributed by atoms with van der Waals surface area (Å²) in [4.78, 5) is 11.9. The first kappa shape index (κ1) is 14.7. The lowest BCUT2D eigenvalue weighted by molar-refractivity contribution is 0.0949. The van der Waals surface area contributed by atoms with Crippen molar-refractivity contribution in [2.45, 2.75) is 13.8 Å². The Kier molecular flexibility index (Phi) is 4.57. The van der Waals surface area contributed by atoms with E-state index in [1.165, 1.54) is 0 Å². The van der Waals surface area contributed by atoms with Crippen LogP contribution in [-0.2, 0) is 0 Å². The van der Waals surface area contributed by atoms with Crippen molar-refractivity contribution in [2.75, 3.05) is 5.32 Å². The van der Waals surface area contributed by atoms with Crippen LogP contribution in [0.1, 0.15) is 21.7 Å². The molecule has 1 aromatic carbocycles. The third-order valence-corrected chi connectivity index (χ3v) is 3.30. The second kappa shape index (κ2) is 6.19. The molecule has 0 unspecified atom stereocenters. The fourth-order valence-corrected chi connectivity index (χ4v) is 2.13. The van der Waals surface area contributed by atoms with Gasteiger partial charge in [0, 0.05) is 5.69 Å². The van der Waals surface area contributed by atoms with Crippen molar-refractivity contribution < 1.29 is 9.21 Å². The molecule has 0 saturated heterocycles. The maximum absolute atomic E-state index is 11.9. The van der Waals surface area contributed by atoms with Crippen LogP contribution in [0, 0.1) is 13.8 Å². The molecule has 1 heterocycles. The summed E-state index contributed by atoms with van der Waals surface area (Å²) in [5, 5.41) is 5.81. The first-order chi connectivity index (χ1) is 9.45. The van der Waals surface area contributed by atoms with Crippen LogP contribution in [0.25, 0.3) is 0 Å². The predicted octanol–water partition coefficient (Wildman–Crippen LogP) is 3.79. The van der Waals surface area contributed by atoms with Gasteiger partial charge in [-0.15, -0.1) is 0 Å². The zero-order valence-corrected chi connectivity index (χ0v) is 13.4. The smallest absolute Gasteiger partial charge is 0.293 e.